The predicted octanol–water partition coefficient (Wildman–Crippen LogP) is 3.92. The molecular formula is C17H14F3N3OS. The number of nitrogens with zero attached hydrogens (tertiary/aromatic N) is 2. The summed E-state index contributed by atoms with van der Waals surface area (Å²) in [5.74, 6) is -0.0874. The molecule has 1 N–H and O–H groups in total. The van der Waals surface area contributed by atoms with Gasteiger partial charge in [0.2, 0.25) is 0 Å². The number of benzene rings is 1. The van der Waals surface area contributed by atoms with Crippen LogP contribution in [0.25, 0.3) is 5.65 Å². The number of pyridine rings is 1. The lowest BCUT2D eigenvalue weighted by Crippen LogP contribution is -2.33. The minimum absolute atomic E-state index is 0.196. The second kappa shape index (κ2) is 7.18. The molecule has 0 bridgehead atoms. The molecule has 1 amide bonds. The zero-order chi connectivity index (χ0) is 17.9. The number of imidazole rings is 1. The first kappa shape index (κ1) is 17.3. The van der Waals surface area contributed by atoms with E-state index in [1.807, 2.05) is 40.3 Å². The van der Waals surface area contributed by atoms with Crippen LogP contribution in [0, 0.1) is 0 Å². The van der Waals surface area contributed by atoms with Gasteiger partial charge in [-0.25, -0.2) is 4.98 Å². The Morgan fingerprint density at radius 1 is 1.16 bits per heavy atom. The summed E-state index contributed by atoms with van der Waals surface area (Å²) >= 11 is 1.54. The van der Waals surface area contributed by atoms with E-state index >= 15 is 0 Å². The van der Waals surface area contributed by atoms with Crippen LogP contribution in [0.3, 0.4) is 0 Å². The lowest BCUT2D eigenvalue weighted by molar-refractivity contribution is -0.123. The number of halogens is 3. The molecule has 0 spiro atoms. The third-order valence-corrected chi connectivity index (χ3v) is 4.41. The molecule has 0 aliphatic heterocycles. The van der Waals surface area contributed by atoms with Crippen molar-refractivity contribution in [1.29, 1.82) is 0 Å². The van der Waals surface area contributed by atoms with Crippen LogP contribution in [-0.2, 0) is 5.75 Å². The van der Waals surface area contributed by atoms with Crippen LogP contribution in [0.4, 0.5) is 13.2 Å². The van der Waals surface area contributed by atoms with Crippen LogP contribution in [0.5, 0.6) is 0 Å². The van der Waals surface area contributed by atoms with Gasteiger partial charge in [-0.3, -0.25) is 4.79 Å². The molecule has 0 aliphatic rings. The van der Waals surface area contributed by atoms with Crippen LogP contribution in [0.2, 0.25) is 0 Å². The quantitative estimate of drug-likeness (QED) is 0.697. The highest BCUT2D eigenvalue weighted by atomic mass is 32.2. The minimum Gasteiger partial charge on any atom is -0.343 e. The van der Waals surface area contributed by atoms with Gasteiger partial charge in [-0.05, 0) is 36.4 Å². The van der Waals surface area contributed by atoms with Crippen molar-refractivity contribution in [3.05, 3.63) is 66.1 Å². The maximum Gasteiger partial charge on any atom is 0.405 e. The first-order chi connectivity index (χ1) is 11.9. The van der Waals surface area contributed by atoms with Crippen LogP contribution >= 0.6 is 11.8 Å². The van der Waals surface area contributed by atoms with Crippen molar-refractivity contribution in [2.75, 3.05) is 6.54 Å². The largest absolute Gasteiger partial charge is 0.405 e. The summed E-state index contributed by atoms with van der Waals surface area (Å²) in [6, 6.07) is 12.2. The minimum atomic E-state index is -4.42. The zero-order valence-corrected chi connectivity index (χ0v) is 13.8. The van der Waals surface area contributed by atoms with E-state index in [0.29, 0.717) is 5.75 Å². The van der Waals surface area contributed by atoms with Crippen molar-refractivity contribution < 1.29 is 18.0 Å². The third-order valence-electron chi connectivity index (χ3n) is 3.37. The van der Waals surface area contributed by atoms with Gasteiger partial charge in [0, 0.05) is 28.6 Å². The van der Waals surface area contributed by atoms with E-state index in [1.165, 1.54) is 23.9 Å². The molecule has 0 fully saturated rings. The normalized spacial score (nSPS) is 11.6. The fourth-order valence-corrected chi connectivity index (χ4v) is 2.98. The van der Waals surface area contributed by atoms with E-state index in [1.54, 1.807) is 12.1 Å². The SMILES string of the molecule is O=C(NCC(F)(F)F)c1ccc(SCc2cn3ccccc3n2)cc1. The first-order valence-corrected chi connectivity index (χ1v) is 8.40. The number of aromatic nitrogens is 2. The van der Waals surface area contributed by atoms with Crippen molar-refractivity contribution in [1.82, 2.24) is 14.7 Å². The number of fused-ring (bicyclic) bond motifs is 1. The molecule has 0 unspecified atom stereocenters. The van der Waals surface area contributed by atoms with E-state index in [0.717, 1.165) is 16.2 Å². The number of alkyl halides is 3. The van der Waals surface area contributed by atoms with Gasteiger partial charge in [0.25, 0.3) is 5.91 Å². The van der Waals surface area contributed by atoms with Gasteiger partial charge >= 0.3 is 6.18 Å². The summed E-state index contributed by atoms with van der Waals surface area (Å²) in [5, 5.41) is 1.85. The van der Waals surface area contributed by atoms with Crippen molar-refractivity contribution in [3.8, 4) is 0 Å². The number of nitrogens with one attached hydrogen (secondary N) is 1. The molecule has 0 saturated heterocycles. The second-order valence-corrected chi connectivity index (χ2v) is 6.36. The summed E-state index contributed by atoms with van der Waals surface area (Å²) in [4.78, 5) is 17.0. The Bertz CT molecular complexity index is 842. The molecule has 2 heterocycles. The Morgan fingerprint density at radius 3 is 2.60 bits per heavy atom. The van der Waals surface area contributed by atoms with Gasteiger partial charge in [0.1, 0.15) is 12.2 Å². The van der Waals surface area contributed by atoms with E-state index < -0.39 is 18.6 Å². The van der Waals surface area contributed by atoms with Crippen LogP contribution in [0.15, 0.2) is 59.8 Å². The lowest BCUT2D eigenvalue weighted by Gasteiger charge is -2.08. The van der Waals surface area contributed by atoms with E-state index in [9.17, 15) is 18.0 Å². The third kappa shape index (κ3) is 4.76. The fourth-order valence-electron chi connectivity index (χ4n) is 2.20. The van der Waals surface area contributed by atoms with Crippen molar-refractivity contribution in [2.24, 2.45) is 0 Å². The maximum absolute atomic E-state index is 12.1. The molecule has 1 aromatic carbocycles. The standard InChI is InChI=1S/C17H14F3N3OS/c18-17(19,20)11-21-16(24)12-4-6-14(7-5-12)25-10-13-9-23-8-2-1-3-15(23)22-13/h1-9H,10-11H2,(H,21,24). The average molecular weight is 365 g/mol. The van der Waals surface area contributed by atoms with Crippen LogP contribution in [0.1, 0.15) is 16.1 Å². The van der Waals surface area contributed by atoms with Gasteiger partial charge in [0.15, 0.2) is 0 Å². The molecule has 2 aromatic heterocycles. The van der Waals surface area contributed by atoms with E-state index in [-0.39, 0.29) is 5.56 Å². The highest BCUT2D eigenvalue weighted by Crippen LogP contribution is 2.23. The molecule has 3 aromatic rings. The van der Waals surface area contributed by atoms with Gasteiger partial charge < -0.3 is 9.72 Å². The van der Waals surface area contributed by atoms with Gasteiger partial charge in [-0.2, -0.15) is 13.2 Å². The number of carbonyl (C=O) groups excluding carboxylic acids is 1. The summed E-state index contributed by atoms with van der Waals surface area (Å²) < 4.78 is 38.3. The molecule has 25 heavy (non-hydrogen) atoms. The molecule has 0 aliphatic carbocycles. The van der Waals surface area contributed by atoms with Crippen molar-refractivity contribution >= 4 is 23.3 Å². The molecule has 0 saturated carbocycles. The first-order valence-electron chi connectivity index (χ1n) is 7.41. The Morgan fingerprint density at radius 2 is 1.92 bits per heavy atom. The summed E-state index contributed by atoms with van der Waals surface area (Å²) in [6.07, 6.45) is -0.550. The predicted molar refractivity (Wildman–Crippen MR) is 89.6 cm³/mol. The van der Waals surface area contributed by atoms with Gasteiger partial charge in [0.05, 0.1) is 5.69 Å². The van der Waals surface area contributed by atoms with Gasteiger partial charge in [-0.15, -0.1) is 11.8 Å². The van der Waals surface area contributed by atoms with E-state index in [2.05, 4.69) is 4.98 Å². The van der Waals surface area contributed by atoms with Crippen molar-refractivity contribution in [2.45, 2.75) is 16.8 Å². The van der Waals surface area contributed by atoms with Crippen LogP contribution in [-0.4, -0.2) is 28.0 Å². The zero-order valence-electron chi connectivity index (χ0n) is 13.0. The molecule has 8 heteroatoms. The summed E-state index contributed by atoms with van der Waals surface area (Å²) in [7, 11) is 0. The summed E-state index contributed by atoms with van der Waals surface area (Å²) in [5.41, 5.74) is 1.99. The smallest absolute Gasteiger partial charge is 0.343 e. The number of hydrogen-bond donors (Lipinski definition) is 1. The molecular weight excluding hydrogens is 351 g/mol. The topological polar surface area (TPSA) is 46.4 Å². The fraction of sp³-hybridized carbons (Fsp3) is 0.176. The van der Waals surface area contributed by atoms with Crippen LogP contribution < -0.4 is 5.32 Å². The van der Waals surface area contributed by atoms with Crippen molar-refractivity contribution in [3.63, 3.8) is 0 Å². The van der Waals surface area contributed by atoms with E-state index in [4.69, 9.17) is 0 Å². The Balaban J connectivity index is 1.58. The molecule has 0 atom stereocenters. The summed E-state index contributed by atoms with van der Waals surface area (Å²) in [6.45, 7) is -1.34. The maximum atomic E-state index is 12.1. The Hall–Kier alpha value is -2.48. The highest BCUT2D eigenvalue weighted by Gasteiger charge is 2.27. The Kier molecular flexibility index (Phi) is 4.98. The second-order valence-electron chi connectivity index (χ2n) is 5.31. The number of rotatable bonds is 5. The number of carbonyl (C=O) groups is 1. The molecule has 0 radical (unpaired) electrons. The molecule has 4 nitrogen and oxygen atoms in total. The van der Waals surface area contributed by atoms with Gasteiger partial charge in [-0.1, -0.05) is 6.07 Å². The number of thioether (sulfide) groups is 1. The number of amides is 1. The Labute approximate surface area is 146 Å². The molecule has 3 rings (SSSR count). The monoisotopic (exact) mass is 365 g/mol. The average Bonchev–Trinajstić information content (AvgIpc) is 3.00. The highest BCUT2D eigenvalue weighted by molar-refractivity contribution is 7.98. The lowest BCUT2D eigenvalue weighted by atomic mass is 10.2. The number of hydrogen-bond acceptors (Lipinski definition) is 3. The molecule has 130 valence electrons.